The highest BCUT2D eigenvalue weighted by Crippen LogP contribution is 2.42. The molecule has 0 bridgehead atoms. The fourth-order valence-corrected chi connectivity index (χ4v) is 8.27. The zero-order chi connectivity index (χ0) is 31.3. The second-order valence-corrected chi connectivity index (χ2v) is 13.5. The van der Waals surface area contributed by atoms with Crippen LogP contribution < -0.4 is 0 Å². The van der Waals surface area contributed by atoms with Gasteiger partial charge in [0.25, 0.3) is 0 Å². The maximum atomic E-state index is 3.75. The Hall–Kier alpha value is -6.12. The summed E-state index contributed by atoms with van der Waals surface area (Å²) in [6.45, 7) is 0. The van der Waals surface area contributed by atoms with Crippen LogP contribution in [0.2, 0.25) is 0 Å². The Labute approximate surface area is 277 Å². The van der Waals surface area contributed by atoms with Crippen LogP contribution in [-0.2, 0) is 12.8 Å². The third-order valence-electron chi connectivity index (χ3n) is 10.8. The van der Waals surface area contributed by atoms with Crippen LogP contribution in [0.5, 0.6) is 0 Å². The first-order chi connectivity index (χ1) is 23.7. The van der Waals surface area contributed by atoms with E-state index in [-0.39, 0.29) is 0 Å². The van der Waals surface area contributed by atoms with Crippen LogP contribution in [0.1, 0.15) is 11.1 Å². The molecule has 1 aliphatic rings. The first kappa shape index (κ1) is 26.0. The number of aromatic nitrogens is 2. The molecule has 0 atom stereocenters. The zero-order valence-corrected chi connectivity index (χ0v) is 26.3. The van der Waals surface area contributed by atoms with Gasteiger partial charge in [-0.3, -0.25) is 0 Å². The number of fused-ring (bicyclic) bond motifs is 11. The maximum Gasteiger partial charge on any atom is 0.0471 e. The van der Waals surface area contributed by atoms with E-state index < -0.39 is 0 Å². The summed E-state index contributed by atoms with van der Waals surface area (Å²) in [5.41, 5.74) is 15.3. The van der Waals surface area contributed by atoms with Gasteiger partial charge in [-0.2, -0.15) is 0 Å². The normalized spacial score (nSPS) is 12.8. The fourth-order valence-electron chi connectivity index (χ4n) is 8.27. The molecule has 0 amide bonds. The van der Waals surface area contributed by atoms with Crippen LogP contribution in [0.4, 0.5) is 0 Å². The van der Waals surface area contributed by atoms with E-state index in [1.165, 1.54) is 110 Å². The van der Waals surface area contributed by atoms with Crippen molar-refractivity contribution >= 4 is 65.2 Å². The molecule has 0 saturated heterocycles. The van der Waals surface area contributed by atoms with Gasteiger partial charge in [0.05, 0.1) is 0 Å². The highest BCUT2D eigenvalue weighted by Gasteiger charge is 2.21. The van der Waals surface area contributed by atoms with Crippen molar-refractivity contribution in [3.8, 4) is 33.4 Å². The van der Waals surface area contributed by atoms with Crippen molar-refractivity contribution in [1.82, 2.24) is 9.97 Å². The van der Waals surface area contributed by atoms with E-state index in [4.69, 9.17) is 0 Å². The molecule has 224 valence electrons. The molecule has 2 heteroatoms. The number of hydrogen-bond donors (Lipinski definition) is 2. The van der Waals surface area contributed by atoms with Crippen molar-refractivity contribution in [2.45, 2.75) is 12.8 Å². The van der Waals surface area contributed by atoms with Gasteiger partial charge in [-0.05, 0) is 140 Å². The van der Waals surface area contributed by atoms with E-state index in [9.17, 15) is 0 Å². The maximum absolute atomic E-state index is 3.75. The third kappa shape index (κ3) is 3.87. The summed E-state index contributed by atoms with van der Waals surface area (Å²) in [5, 5.41) is 10.3. The van der Waals surface area contributed by atoms with E-state index in [0.717, 1.165) is 12.8 Å². The number of H-pyrrole nitrogens is 2. The average Bonchev–Trinajstić information content (AvgIpc) is 3.69. The Balaban J connectivity index is 1.01. The molecule has 2 heterocycles. The first-order valence-corrected chi connectivity index (χ1v) is 16.9. The van der Waals surface area contributed by atoms with Gasteiger partial charge < -0.3 is 9.97 Å². The van der Waals surface area contributed by atoms with E-state index in [2.05, 4.69) is 156 Å². The minimum absolute atomic E-state index is 1.05. The van der Waals surface area contributed by atoms with E-state index in [1.54, 1.807) is 0 Å². The minimum atomic E-state index is 1.05. The van der Waals surface area contributed by atoms with Crippen LogP contribution in [0.25, 0.3) is 98.5 Å². The number of benzene rings is 8. The highest BCUT2D eigenvalue weighted by molar-refractivity contribution is 6.12. The summed E-state index contributed by atoms with van der Waals surface area (Å²) >= 11 is 0. The van der Waals surface area contributed by atoms with Gasteiger partial charge in [0, 0.05) is 43.6 Å². The summed E-state index contributed by atoms with van der Waals surface area (Å²) in [4.78, 5) is 7.50. The van der Waals surface area contributed by atoms with Gasteiger partial charge in [-0.25, -0.2) is 0 Å². The number of rotatable bonds is 2. The van der Waals surface area contributed by atoms with Crippen LogP contribution in [-0.4, -0.2) is 9.97 Å². The second kappa shape index (κ2) is 9.70. The molecule has 0 radical (unpaired) electrons. The Kier molecular flexibility index (Phi) is 5.25. The fraction of sp³-hybridized carbons (Fsp3) is 0.0435. The molecule has 0 spiro atoms. The van der Waals surface area contributed by atoms with Gasteiger partial charge in [-0.1, -0.05) is 84.9 Å². The Morgan fingerprint density at radius 3 is 1.19 bits per heavy atom. The van der Waals surface area contributed by atoms with Crippen molar-refractivity contribution in [3.05, 3.63) is 157 Å². The summed E-state index contributed by atoms with van der Waals surface area (Å²) < 4.78 is 0. The molecule has 2 N–H and O–H groups in total. The molecule has 2 nitrogen and oxygen atoms in total. The summed E-state index contributed by atoms with van der Waals surface area (Å²) in [5.74, 6) is 0. The van der Waals surface area contributed by atoms with Crippen molar-refractivity contribution in [2.24, 2.45) is 0 Å². The number of aryl methyl sites for hydroxylation is 2. The van der Waals surface area contributed by atoms with Gasteiger partial charge >= 0.3 is 0 Å². The lowest BCUT2D eigenvalue weighted by molar-refractivity contribution is 0.946. The van der Waals surface area contributed by atoms with E-state index in [0.29, 0.717) is 0 Å². The lowest BCUT2D eigenvalue weighted by Crippen LogP contribution is -2.04. The largest absolute Gasteiger partial charge is 0.354 e. The summed E-state index contributed by atoms with van der Waals surface area (Å²) in [6.07, 6.45) is 2.09. The first-order valence-electron chi connectivity index (χ1n) is 16.9. The number of nitrogens with one attached hydrogen (secondary N) is 2. The zero-order valence-electron chi connectivity index (χ0n) is 26.3. The van der Waals surface area contributed by atoms with Gasteiger partial charge in [0.1, 0.15) is 0 Å². The third-order valence-corrected chi connectivity index (χ3v) is 10.8. The molecule has 11 rings (SSSR count). The van der Waals surface area contributed by atoms with Crippen molar-refractivity contribution < 1.29 is 0 Å². The van der Waals surface area contributed by atoms with Crippen molar-refractivity contribution in [3.63, 3.8) is 0 Å². The lowest BCUT2D eigenvalue weighted by atomic mass is 9.84. The molecule has 0 unspecified atom stereocenters. The molecule has 48 heavy (non-hydrogen) atoms. The molecule has 1 aliphatic carbocycles. The van der Waals surface area contributed by atoms with Crippen molar-refractivity contribution in [2.75, 3.05) is 0 Å². The van der Waals surface area contributed by atoms with Crippen LogP contribution in [0.15, 0.2) is 146 Å². The topological polar surface area (TPSA) is 31.6 Å². The summed E-state index contributed by atoms with van der Waals surface area (Å²) in [7, 11) is 0. The van der Waals surface area contributed by atoms with Gasteiger partial charge in [0.2, 0.25) is 0 Å². The summed E-state index contributed by atoms with van der Waals surface area (Å²) in [6, 6.07) is 54.1. The smallest absolute Gasteiger partial charge is 0.0471 e. The van der Waals surface area contributed by atoms with Crippen molar-refractivity contribution in [1.29, 1.82) is 0 Å². The van der Waals surface area contributed by atoms with Crippen LogP contribution in [0.3, 0.4) is 0 Å². The molecule has 2 aromatic heterocycles. The second-order valence-electron chi connectivity index (χ2n) is 13.5. The van der Waals surface area contributed by atoms with Gasteiger partial charge in [-0.15, -0.1) is 0 Å². The van der Waals surface area contributed by atoms with Crippen LogP contribution >= 0.6 is 0 Å². The predicted molar refractivity (Wildman–Crippen MR) is 204 cm³/mol. The number of aromatic amines is 2. The van der Waals surface area contributed by atoms with Gasteiger partial charge in [0.15, 0.2) is 0 Å². The molecule has 8 aromatic carbocycles. The lowest BCUT2D eigenvalue weighted by Gasteiger charge is -2.20. The Bertz CT molecular complexity index is 2750. The molecule has 0 saturated carbocycles. The standard InChI is InChI=1S/C46H30N2/c1-3-7-29-19-31(11-9-27(29)5-1)33-15-17-43-39(21-33)41-23-35-13-14-36-24-42-40-22-34(32-12-10-28-6-2-4-8-30(28)20-32)16-18-44(40)48-46(42)26-38(36)37(35)25-45(41)47-43/h1-12,15-26,47-48H,13-14H2. The minimum Gasteiger partial charge on any atom is -0.354 e. The Morgan fingerprint density at radius 2 is 0.708 bits per heavy atom. The number of hydrogen-bond acceptors (Lipinski definition) is 0. The highest BCUT2D eigenvalue weighted by atomic mass is 14.7. The molecule has 0 aliphatic heterocycles. The molecule has 0 fully saturated rings. The monoisotopic (exact) mass is 610 g/mol. The van der Waals surface area contributed by atoms with E-state index in [1.807, 2.05) is 0 Å². The quantitative estimate of drug-likeness (QED) is 0.195. The molecular formula is C46H30N2. The molecule has 10 aromatic rings. The molecular weight excluding hydrogens is 581 g/mol. The average molecular weight is 611 g/mol. The SMILES string of the molecule is c1ccc2cc(-c3ccc4[nH]c5cc6c(cc5c4c3)CCc3cc4c(cc3-6)[nH]c3ccc(-c5ccc6ccccc6c5)cc34)ccc2c1. The van der Waals surface area contributed by atoms with E-state index >= 15 is 0 Å². The van der Waals surface area contributed by atoms with Crippen LogP contribution in [0, 0.1) is 0 Å². The Morgan fingerprint density at radius 1 is 0.312 bits per heavy atom. The predicted octanol–water partition coefficient (Wildman–Crippen LogP) is 12.4.